The first-order chi connectivity index (χ1) is 9.66. The Hall–Kier alpha value is -0.580. The topological polar surface area (TPSA) is 32.7 Å². The van der Waals surface area contributed by atoms with Crippen molar-refractivity contribution in [3.63, 3.8) is 0 Å². The summed E-state index contributed by atoms with van der Waals surface area (Å²) in [7, 11) is 0. The van der Waals surface area contributed by atoms with Crippen LogP contribution in [0.3, 0.4) is 0 Å². The Kier molecular flexibility index (Phi) is 4.34. The summed E-state index contributed by atoms with van der Waals surface area (Å²) in [5.41, 5.74) is 1.01. The monoisotopic (exact) mass is 339 g/mol. The van der Waals surface area contributed by atoms with Crippen LogP contribution in [0.25, 0.3) is 0 Å². The SMILES string of the molecule is CC(c1cc(Br)ccc1O)N1CCOC2CCCCC21. The fraction of sp³-hybridized carbons (Fsp3) is 0.625. The Labute approximate surface area is 129 Å². The van der Waals surface area contributed by atoms with Gasteiger partial charge in [0.1, 0.15) is 5.75 Å². The van der Waals surface area contributed by atoms with Crippen LogP contribution in [-0.2, 0) is 4.74 Å². The molecule has 20 heavy (non-hydrogen) atoms. The van der Waals surface area contributed by atoms with Crippen LogP contribution in [0.4, 0.5) is 0 Å². The number of benzene rings is 1. The number of rotatable bonds is 2. The average molecular weight is 340 g/mol. The maximum absolute atomic E-state index is 10.2. The Balaban J connectivity index is 1.84. The second-order valence-corrected chi connectivity index (χ2v) is 6.79. The van der Waals surface area contributed by atoms with Crippen molar-refractivity contribution in [2.75, 3.05) is 13.2 Å². The van der Waals surface area contributed by atoms with Crippen LogP contribution in [0.1, 0.15) is 44.2 Å². The fourth-order valence-corrected chi connectivity index (χ4v) is 4.02. The van der Waals surface area contributed by atoms with E-state index in [1.165, 1.54) is 25.7 Å². The molecule has 1 N–H and O–H groups in total. The molecule has 110 valence electrons. The Morgan fingerprint density at radius 3 is 3.00 bits per heavy atom. The molecule has 1 aromatic carbocycles. The normalized spacial score (nSPS) is 28.9. The van der Waals surface area contributed by atoms with Crippen molar-refractivity contribution in [1.29, 1.82) is 0 Å². The van der Waals surface area contributed by atoms with Gasteiger partial charge in [0.25, 0.3) is 0 Å². The lowest BCUT2D eigenvalue weighted by Crippen LogP contribution is -2.53. The first-order valence-electron chi connectivity index (χ1n) is 7.52. The first kappa shape index (κ1) is 14.4. The number of phenols is 1. The van der Waals surface area contributed by atoms with Gasteiger partial charge in [-0.15, -0.1) is 0 Å². The largest absolute Gasteiger partial charge is 0.508 e. The number of hydrogen-bond donors (Lipinski definition) is 1. The molecule has 1 aliphatic heterocycles. The molecule has 4 heteroatoms. The van der Waals surface area contributed by atoms with E-state index in [1.54, 1.807) is 6.07 Å². The smallest absolute Gasteiger partial charge is 0.120 e. The first-order valence-corrected chi connectivity index (χ1v) is 8.32. The zero-order valence-corrected chi connectivity index (χ0v) is 13.5. The van der Waals surface area contributed by atoms with E-state index in [2.05, 4.69) is 27.8 Å². The number of morpholine rings is 1. The predicted octanol–water partition coefficient (Wildman–Crippen LogP) is 3.86. The Bertz CT molecular complexity index is 478. The fourth-order valence-electron chi connectivity index (χ4n) is 3.65. The summed E-state index contributed by atoms with van der Waals surface area (Å²) in [5, 5.41) is 10.2. The van der Waals surface area contributed by atoms with Crippen molar-refractivity contribution in [3.8, 4) is 5.75 Å². The van der Waals surface area contributed by atoms with Gasteiger partial charge < -0.3 is 9.84 Å². The van der Waals surface area contributed by atoms with Gasteiger partial charge in [0.05, 0.1) is 12.7 Å². The third kappa shape index (κ3) is 2.74. The number of aromatic hydroxyl groups is 1. The zero-order valence-electron chi connectivity index (χ0n) is 11.9. The van der Waals surface area contributed by atoms with Crippen LogP contribution in [0.5, 0.6) is 5.75 Å². The number of nitrogens with zero attached hydrogens (tertiary/aromatic N) is 1. The number of hydrogen-bond acceptors (Lipinski definition) is 3. The van der Waals surface area contributed by atoms with Crippen molar-refractivity contribution < 1.29 is 9.84 Å². The molecule has 2 aliphatic rings. The second-order valence-electron chi connectivity index (χ2n) is 5.88. The highest BCUT2D eigenvalue weighted by Crippen LogP contribution is 2.37. The van der Waals surface area contributed by atoms with E-state index in [1.807, 2.05) is 12.1 Å². The number of halogens is 1. The highest BCUT2D eigenvalue weighted by molar-refractivity contribution is 9.10. The molecular weight excluding hydrogens is 318 g/mol. The van der Waals surface area contributed by atoms with Crippen molar-refractivity contribution in [2.24, 2.45) is 0 Å². The lowest BCUT2D eigenvalue weighted by molar-refractivity contribution is -0.101. The molecule has 1 saturated heterocycles. The van der Waals surface area contributed by atoms with Gasteiger partial charge in [-0.3, -0.25) is 4.90 Å². The minimum atomic E-state index is 0.224. The van der Waals surface area contributed by atoms with Crippen molar-refractivity contribution in [2.45, 2.75) is 50.8 Å². The quantitative estimate of drug-likeness (QED) is 0.887. The molecule has 2 fully saturated rings. The van der Waals surface area contributed by atoms with E-state index >= 15 is 0 Å². The minimum absolute atomic E-state index is 0.224. The Morgan fingerprint density at radius 1 is 1.35 bits per heavy atom. The van der Waals surface area contributed by atoms with Crippen molar-refractivity contribution in [1.82, 2.24) is 4.90 Å². The van der Waals surface area contributed by atoms with E-state index in [-0.39, 0.29) is 6.04 Å². The van der Waals surface area contributed by atoms with Gasteiger partial charge in [0.2, 0.25) is 0 Å². The van der Waals surface area contributed by atoms with Crippen LogP contribution in [0, 0.1) is 0 Å². The molecule has 0 radical (unpaired) electrons. The summed E-state index contributed by atoms with van der Waals surface area (Å²) in [6, 6.07) is 6.42. The molecular formula is C16H22BrNO2. The molecule has 0 bridgehead atoms. The molecule has 0 amide bonds. The van der Waals surface area contributed by atoms with Crippen LogP contribution in [0.2, 0.25) is 0 Å². The van der Waals surface area contributed by atoms with Gasteiger partial charge >= 0.3 is 0 Å². The van der Waals surface area contributed by atoms with Gasteiger partial charge in [-0.25, -0.2) is 0 Å². The summed E-state index contributed by atoms with van der Waals surface area (Å²) in [5.74, 6) is 0.388. The molecule has 1 aromatic rings. The van der Waals surface area contributed by atoms with Crippen molar-refractivity contribution >= 4 is 15.9 Å². The Morgan fingerprint density at radius 2 is 2.15 bits per heavy atom. The van der Waals surface area contributed by atoms with Gasteiger partial charge in [0, 0.05) is 28.7 Å². The summed E-state index contributed by atoms with van der Waals surface area (Å²) in [6.45, 7) is 3.95. The van der Waals surface area contributed by atoms with E-state index in [9.17, 15) is 5.11 Å². The molecule has 0 spiro atoms. The zero-order chi connectivity index (χ0) is 14.1. The van der Waals surface area contributed by atoms with Crippen LogP contribution < -0.4 is 0 Å². The number of ether oxygens (including phenoxy) is 1. The van der Waals surface area contributed by atoms with Crippen LogP contribution in [-0.4, -0.2) is 35.3 Å². The second kappa shape index (κ2) is 6.04. The summed E-state index contributed by atoms with van der Waals surface area (Å²) in [6.07, 6.45) is 5.35. The highest BCUT2D eigenvalue weighted by atomic mass is 79.9. The third-order valence-electron chi connectivity index (χ3n) is 4.71. The van der Waals surface area contributed by atoms with Crippen LogP contribution >= 0.6 is 15.9 Å². The lowest BCUT2D eigenvalue weighted by atomic mass is 9.88. The standard InChI is InChI=1S/C16H22BrNO2/c1-11(13-10-12(17)6-7-15(13)19)18-8-9-20-16-5-3-2-4-14(16)18/h6-7,10-11,14,16,19H,2-5,8-9H2,1H3. The van der Waals surface area contributed by atoms with E-state index in [0.29, 0.717) is 17.9 Å². The third-order valence-corrected chi connectivity index (χ3v) is 5.21. The van der Waals surface area contributed by atoms with Crippen molar-refractivity contribution in [3.05, 3.63) is 28.2 Å². The van der Waals surface area contributed by atoms with E-state index in [4.69, 9.17) is 4.74 Å². The van der Waals surface area contributed by atoms with E-state index in [0.717, 1.165) is 23.2 Å². The minimum Gasteiger partial charge on any atom is -0.508 e. The molecule has 3 unspecified atom stereocenters. The lowest BCUT2D eigenvalue weighted by Gasteiger charge is -2.46. The molecule has 0 aromatic heterocycles. The van der Waals surface area contributed by atoms with Gasteiger partial charge in [-0.05, 0) is 38.0 Å². The number of phenolic OH excluding ortho intramolecular Hbond substituents is 1. The number of fused-ring (bicyclic) bond motifs is 1. The predicted molar refractivity (Wildman–Crippen MR) is 82.9 cm³/mol. The molecule has 3 nitrogen and oxygen atoms in total. The molecule has 1 saturated carbocycles. The van der Waals surface area contributed by atoms with Gasteiger partial charge in [0.15, 0.2) is 0 Å². The maximum atomic E-state index is 10.2. The molecule has 1 heterocycles. The average Bonchev–Trinajstić information content (AvgIpc) is 2.48. The van der Waals surface area contributed by atoms with Gasteiger partial charge in [-0.2, -0.15) is 0 Å². The molecule has 1 aliphatic carbocycles. The summed E-state index contributed by atoms with van der Waals surface area (Å²) < 4.78 is 6.96. The summed E-state index contributed by atoms with van der Waals surface area (Å²) in [4.78, 5) is 2.52. The summed E-state index contributed by atoms with van der Waals surface area (Å²) >= 11 is 3.50. The maximum Gasteiger partial charge on any atom is 0.120 e. The molecule has 3 rings (SSSR count). The van der Waals surface area contributed by atoms with Gasteiger partial charge in [-0.1, -0.05) is 28.8 Å². The molecule has 3 atom stereocenters. The highest BCUT2D eigenvalue weighted by Gasteiger charge is 2.37. The van der Waals surface area contributed by atoms with E-state index < -0.39 is 0 Å². The van der Waals surface area contributed by atoms with Crippen LogP contribution in [0.15, 0.2) is 22.7 Å².